The average Bonchev–Trinajstić information content (AvgIpc) is 3.34. The monoisotopic (exact) mass is 435 g/mol. The van der Waals surface area contributed by atoms with E-state index in [0.29, 0.717) is 29.1 Å². The second kappa shape index (κ2) is 8.24. The number of nitrogens with zero attached hydrogens (tertiary/aromatic N) is 1. The van der Waals surface area contributed by atoms with Crippen LogP contribution in [0.4, 0.5) is 4.39 Å². The van der Waals surface area contributed by atoms with Crippen LogP contribution in [0.1, 0.15) is 48.3 Å². The number of rotatable bonds is 5. The number of para-hydroxylation sites is 1. The molecule has 6 heteroatoms. The number of likely N-dealkylation sites (tertiary alicyclic amines) is 1. The first-order chi connectivity index (χ1) is 15.4. The molecule has 0 spiro atoms. The topological polar surface area (TPSA) is 57.4 Å². The lowest BCUT2D eigenvalue weighted by atomic mass is 9.96. The van der Waals surface area contributed by atoms with Gasteiger partial charge in [0, 0.05) is 36.0 Å². The summed E-state index contributed by atoms with van der Waals surface area (Å²) in [6.07, 6.45) is 3.05. The maximum absolute atomic E-state index is 13.9. The quantitative estimate of drug-likeness (QED) is 0.613. The Hall–Kier alpha value is -2.86. The van der Waals surface area contributed by atoms with Crippen LogP contribution < -0.4 is 10.1 Å². The minimum atomic E-state index is -0.316. The molecule has 2 aliphatic heterocycles. The summed E-state index contributed by atoms with van der Waals surface area (Å²) in [4.78, 5) is 18.0. The van der Waals surface area contributed by atoms with E-state index in [1.54, 1.807) is 18.2 Å². The Morgan fingerprint density at radius 3 is 2.78 bits per heavy atom. The third-order valence-electron chi connectivity index (χ3n) is 6.68. The molecule has 0 bridgehead atoms. The minimum absolute atomic E-state index is 0.125. The lowest BCUT2D eigenvalue weighted by molar-refractivity contribution is 0.0930. The Bertz CT molecular complexity index is 1150. The summed E-state index contributed by atoms with van der Waals surface area (Å²) in [5, 5.41) is 3.48. The fourth-order valence-corrected chi connectivity index (χ4v) is 4.97. The van der Waals surface area contributed by atoms with E-state index >= 15 is 0 Å². The second-order valence-corrected chi connectivity index (χ2v) is 9.76. The normalized spacial score (nSPS) is 18.5. The van der Waals surface area contributed by atoms with E-state index in [1.807, 2.05) is 0 Å². The van der Waals surface area contributed by atoms with Crippen molar-refractivity contribution >= 4 is 16.8 Å². The largest absolute Gasteiger partial charge is 0.487 e. The molecule has 3 heterocycles. The molecule has 0 radical (unpaired) electrons. The van der Waals surface area contributed by atoms with Gasteiger partial charge in [0.1, 0.15) is 22.9 Å². The van der Waals surface area contributed by atoms with Crippen LogP contribution in [0, 0.1) is 11.7 Å². The number of carbonyl (C=O) groups is 1. The number of amides is 1. The molecule has 3 aromatic rings. The summed E-state index contributed by atoms with van der Waals surface area (Å²) in [6.45, 7) is 7.84. The Morgan fingerprint density at radius 1 is 1.22 bits per heavy atom. The van der Waals surface area contributed by atoms with Gasteiger partial charge in [-0.2, -0.15) is 0 Å². The summed E-state index contributed by atoms with van der Waals surface area (Å²) in [5.41, 5.74) is 3.50. The van der Waals surface area contributed by atoms with Gasteiger partial charge in [-0.05, 0) is 69.5 Å². The molecule has 1 amide bonds. The molecular weight excluding hydrogens is 405 g/mol. The number of piperidine rings is 1. The van der Waals surface area contributed by atoms with E-state index in [4.69, 9.17) is 4.74 Å². The average molecular weight is 436 g/mol. The molecule has 168 valence electrons. The van der Waals surface area contributed by atoms with Gasteiger partial charge in [-0.3, -0.25) is 9.69 Å². The molecule has 32 heavy (non-hydrogen) atoms. The zero-order chi connectivity index (χ0) is 22.3. The zero-order valence-corrected chi connectivity index (χ0v) is 18.7. The number of carbonyl (C=O) groups excluding carboxylic acids is 1. The van der Waals surface area contributed by atoms with Gasteiger partial charge in [0.05, 0.1) is 0 Å². The molecular formula is C26H30FN3O2. The fourth-order valence-electron chi connectivity index (χ4n) is 4.97. The zero-order valence-electron chi connectivity index (χ0n) is 18.7. The van der Waals surface area contributed by atoms with Gasteiger partial charge < -0.3 is 15.0 Å². The van der Waals surface area contributed by atoms with Gasteiger partial charge >= 0.3 is 0 Å². The highest BCUT2D eigenvalue weighted by atomic mass is 19.1. The van der Waals surface area contributed by atoms with Crippen molar-refractivity contribution in [3.05, 3.63) is 65.1 Å². The molecule has 0 unspecified atom stereocenters. The molecule has 1 fully saturated rings. The molecule has 0 saturated carbocycles. The molecule has 0 atom stereocenters. The first kappa shape index (κ1) is 21.0. The van der Waals surface area contributed by atoms with Crippen molar-refractivity contribution in [1.29, 1.82) is 0 Å². The van der Waals surface area contributed by atoms with Gasteiger partial charge in [0.15, 0.2) is 0 Å². The number of ether oxygens (including phenoxy) is 1. The summed E-state index contributed by atoms with van der Waals surface area (Å²) in [5.74, 6) is 1.03. The minimum Gasteiger partial charge on any atom is -0.487 e. The van der Waals surface area contributed by atoms with E-state index in [0.717, 1.165) is 44.6 Å². The van der Waals surface area contributed by atoms with Gasteiger partial charge in [-0.25, -0.2) is 4.39 Å². The molecule has 1 aromatic heterocycles. The van der Waals surface area contributed by atoms with Crippen molar-refractivity contribution in [3.8, 4) is 5.75 Å². The predicted molar refractivity (Wildman–Crippen MR) is 123 cm³/mol. The van der Waals surface area contributed by atoms with Gasteiger partial charge in [0.2, 0.25) is 0 Å². The maximum Gasteiger partial charge on any atom is 0.267 e. The van der Waals surface area contributed by atoms with Crippen LogP contribution in [0.5, 0.6) is 5.75 Å². The highest BCUT2D eigenvalue weighted by Gasteiger charge is 2.32. The van der Waals surface area contributed by atoms with Crippen molar-refractivity contribution in [1.82, 2.24) is 15.2 Å². The van der Waals surface area contributed by atoms with Crippen molar-refractivity contribution in [2.45, 2.75) is 45.3 Å². The Morgan fingerprint density at radius 2 is 2.00 bits per heavy atom. The summed E-state index contributed by atoms with van der Waals surface area (Å²) in [6, 6.07) is 12.9. The number of nitrogens with one attached hydrogen (secondary N) is 2. The Labute approximate surface area is 187 Å². The third kappa shape index (κ3) is 4.24. The predicted octanol–water partition coefficient (Wildman–Crippen LogP) is 4.66. The number of aromatic amines is 1. The van der Waals surface area contributed by atoms with Crippen LogP contribution in [0.2, 0.25) is 0 Å². The lowest BCUT2D eigenvalue weighted by Gasteiger charge is -2.32. The fraction of sp³-hybridized carbons (Fsp3) is 0.423. The molecule has 2 N–H and O–H groups in total. The van der Waals surface area contributed by atoms with Crippen molar-refractivity contribution < 1.29 is 13.9 Å². The first-order valence-electron chi connectivity index (χ1n) is 11.5. The third-order valence-corrected chi connectivity index (χ3v) is 6.68. The lowest BCUT2D eigenvalue weighted by Crippen LogP contribution is -2.38. The van der Waals surface area contributed by atoms with Crippen LogP contribution in [0.15, 0.2) is 42.5 Å². The number of hydrogen-bond donors (Lipinski definition) is 2. The second-order valence-electron chi connectivity index (χ2n) is 9.76. The number of halogens is 1. The van der Waals surface area contributed by atoms with Gasteiger partial charge in [-0.1, -0.05) is 24.3 Å². The smallest absolute Gasteiger partial charge is 0.267 e. The molecule has 5 nitrogen and oxygen atoms in total. The summed E-state index contributed by atoms with van der Waals surface area (Å²) in [7, 11) is 0. The summed E-state index contributed by atoms with van der Waals surface area (Å²) >= 11 is 0. The van der Waals surface area contributed by atoms with E-state index in [9.17, 15) is 9.18 Å². The molecule has 5 rings (SSSR count). The van der Waals surface area contributed by atoms with Crippen molar-refractivity contribution in [2.75, 3.05) is 19.6 Å². The van der Waals surface area contributed by atoms with Crippen molar-refractivity contribution in [2.24, 2.45) is 5.92 Å². The van der Waals surface area contributed by atoms with Crippen LogP contribution in [0.3, 0.4) is 0 Å². The number of benzene rings is 2. The summed E-state index contributed by atoms with van der Waals surface area (Å²) < 4.78 is 20.1. The van der Waals surface area contributed by atoms with E-state index in [2.05, 4.69) is 47.2 Å². The van der Waals surface area contributed by atoms with Crippen LogP contribution in [0.25, 0.3) is 10.9 Å². The standard InChI is InChI=1S/C26H30FN3O2/c1-26(2)14-18-5-3-6-19(24(18)32-26)16-30-11-9-17(10-12-30)15-28-25(31)23-13-20-21(27)7-4-8-22(20)29-23/h3-8,13,17,29H,9-12,14-16H2,1-2H3,(H,28,31). The maximum atomic E-state index is 13.9. The van der Waals surface area contributed by atoms with E-state index < -0.39 is 0 Å². The molecule has 2 aliphatic rings. The Balaban J connectivity index is 1.13. The molecule has 0 aliphatic carbocycles. The molecule has 2 aromatic carbocycles. The highest BCUT2D eigenvalue weighted by molar-refractivity contribution is 5.98. The van der Waals surface area contributed by atoms with Crippen molar-refractivity contribution in [3.63, 3.8) is 0 Å². The Kier molecular flexibility index (Phi) is 5.41. The van der Waals surface area contributed by atoms with Crippen LogP contribution >= 0.6 is 0 Å². The highest BCUT2D eigenvalue weighted by Crippen LogP contribution is 2.38. The van der Waals surface area contributed by atoms with E-state index in [1.165, 1.54) is 17.2 Å². The SMILES string of the molecule is CC1(C)Cc2cccc(CN3CCC(CNC(=O)c4cc5c(F)cccc5[nH]4)CC3)c2O1. The number of H-pyrrole nitrogens is 1. The molecule has 1 saturated heterocycles. The van der Waals surface area contributed by atoms with E-state index in [-0.39, 0.29) is 17.3 Å². The van der Waals surface area contributed by atoms with Gasteiger partial charge in [-0.15, -0.1) is 0 Å². The van der Waals surface area contributed by atoms with Crippen LogP contribution in [-0.4, -0.2) is 41.0 Å². The number of hydrogen-bond acceptors (Lipinski definition) is 3. The number of aromatic nitrogens is 1. The van der Waals surface area contributed by atoms with Crippen LogP contribution in [-0.2, 0) is 13.0 Å². The first-order valence-corrected chi connectivity index (χ1v) is 11.5. The van der Waals surface area contributed by atoms with Gasteiger partial charge in [0.25, 0.3) is 5.91 Å². The number of fused-ring (bicyclic) bond motifs is 2.